The summed E-state index contributed by atoms with van der Waals surface area (Å²) in [7, 11) is 0. The zero-order chi connectivity index (χ0) is 7.11. The van der Waals surface area contributed by atoms with Crippen LogP contribution in [0.4, 0.5) is 0 Å². The lowest BCUT2D eigenvalue weighted by molar-refractivity contribution is 1.28. The molecule has 0 saturated heterocycles. The minimum Gasteiger partial charge on any atom is -0.403 e. The summed E-state index contributed by atoms with van der Waals surface area (Å²) in [6, 6.07) is 0. The van der Waals surface area contributed by atoms with Crippen LogP contribution in [0.2, 0.25) is 0 Å². The molecule has 0 bridgehead atoms. The quantitative estimate of drug-likeness (QED) is 0.568. The largest absolute Gasteiger partial charge is 0.403 e. The minimum atomic E-state index is 0.897. The fourth-order valence-corrected chi connectivity index (χ4v) is 0.427. The van der Waals surface area contributed by atoms with E-state index in [0.717, 1.165) is 12.1 Å². The lowest BCUT2D eigenvalue weighted by Gasteiger charge is -1.88. The Morgan fingerprint density at radius 1 is 1.78 bits per heavy atom. The van der Waals surface area contributed by atoms with Gasteiger partial charge < -0.3 is 5.73 Å². The second-order valence-corrected chi connectivity index (χ2v) is 1.52. The fourth-order valence-electron chi connectivity index (χ4n) is 0.427. The third kappa shape index (κ3) is 3.53. The highest BCUT2D eigenvalue weighted by Crippen LogP contribution is 1.86. The first-order chi connectivity index (χ1) is 4.35. The topological polar surface area (TPSA) is 38.4 Å². The van der Waals surface area contributed by atoms with Gasteiger partial charge in [-0.15, -0.1) is 0 Å². The maximum Gasteiger partial charge on any atom is 0.0425 e. The minimum absolute atomic E-state index is 0.897. The van der Waals surface area contributed by atoms with Gasteiger partial charge in [-0.1, -0.05) is 13.5 Å². The van der Waals surface area contributed by atoms with Crippen LogP contribution in [0.5, 0.6) is 0 Å². The van der Waals surface area contributed by atoms with Crippen LogP contribution in [0.15, 0.2) is 30.0 Å². The molecule has 0 radical (unpaired) electrons. The van der Waals surface area contributed by atoms with Gasteiger partial charge in [-0.25, -0.2) is 0 Å². The molecular weight excluding hydrogens is 112 g/mol. The monoisotopic (exact) mass is 124 g/mol. The first-order valence-corrected chi connectivity index (χ1v) is 2.91. The molecule has 0 aromatic carbocycles. The summed E-state index contributed by atoms with van der Waals surface area (Å²) in [5, 5.41) is 0. The summed E-state index contributed by atoms with van der Waals surface area (Å²) in [6.07, 6.45) is 5.58. The summed E-state index contributed by atoms with van der Waals surface area (Å²) in [6.45, 7) is 5.60. The van der Waals surface area contributed by atoms with Crippen molar-refractivity contribution in [3.8, 4) is 0 Å². The van der Waals surface area contributed by atoms with Crippen LogP contribution in [-0.2, 0) is 0 Å². The number of aliphatic imine (C=N–C) groups is 1. The molecule has 0 aromatic heterocycles. The standard InChI is InChI=1S/C7H12N2/c1-3-7(4-2)9-6-5-8/h3,5-6H,1,4,8H2,2H3/b6-5-,9-7?. The van der Waals surface area contributed by atoms with Gasteiger partial charge >= 0.3 is 0 Å². The van der Waals surface area contributed by atoms with Gasteiger partial charge in [-0.05, 0) is 12.5 Å². The number of hydrogen-bond acceptors (Lipinski definition) is 2. The Bertz CT molecular complexity index is 134. The Balaban J connectivity index is 3.90. The van der Waals surface area contributed by atoms with Crippen molar-refractivity contribution in [1.29, 1.82) is 0 Å². The Kier molecular flexibility index (Phi) is 4.50. The fraction of sp³-hybridized carbons (Fsp3) is 0.286. The summed E-state index contributed by atoms with van der Waals surface area (Å²) in [5.41, 5.74) is 6.02. The second-order valence-electron chi connectivity index (χ2n) is 1.52. The van der Waals surface area contributed by atoms with Crippen molar-refractivity contribution in [3.05, 3.63) is 25.1 Å². The third-order valence-corrected chi connectivity index (χ3v) is 0.924. The molecule has 0 saturated carbocycles. The lowest BCUT2D eigenvalue weighted by atomic mass is 10.3. The van der Waals surface area contributed by atoms with Crippen molar-refractivity contribution >= 4 is 5.71 Å². The maximum absolute atomic E-state index is 5.06. The molecule has 0 aliphatic carbocycles. The zero-order valence-electron chi connectivity index (χ0n) is 5.67. The highest BCUT2D eigenvalue weighted by atomic mass is 14.7. The van der Waals surface area contributed by atoms with Crippen LogP contribution in [-0.4, -0.2) is 5.71 Å². The van der Waals surface area contributed by atoms with Crippen molar-refractivity contribution < 1.29 is 0 Å². The molecule has 0 rings (SSSR count). The van der Waals surface area contributed by atoms with E-state index in [1.807, 2.05) is 6.92 Å². The highest BCUT2D eigenvalue weighted by Gasteiger charge is 1.81. The molecule has 2 heteroatoms. The van der Waals surface area contributed by atoms with Gasteiger partial charge in [-0.2, -0.15) is 0 Å². The molecule has 0 aromatic rings. The predicted octanol–water partition coefficient (Wildman–Crippen LogP) is 1.45. The molecule has 9 heavy (non-hydrogen) atoms. The normalized spacial score (nSPS) is 12.3. The van der Waals surface area contributed by atoms with E-state index in [1.165, 1.54) is 6.20 Å². The van der Waals surface area contributed by atoms with E-state index in [-0.39, 0.29) is 0 Å². The summed E-state index contributed by atoms with van der Waals surface area (Å²) in [4.78, 5) is 3.97. The highest BCUT2D eigenvalue weighted by molar-refractivity contribution is 5.94. The first-order valence-electron chi connectivity index (χ1n) is 2.91. The number of nitrogens with zero attached hydrogens (tertiary/aromatic N) is 1. The van der Waals surface area contributed by atoms with Gasteiger partial charge in [0, 0.05) is 18.1 Å². The summed E-state index contributed by atoms with van der Waals surface area (Å²) in [5.74, 6) is 0. The smallest absolute Gasteiger partial charge is 0.0425 e. The van der Waals surface area contributed by atoms with Crippen LogP contribution in [0.1, 0.15) is 13.3 Å². The van der Waals surface area contributed by atoms with E-state index in [0.29, 0.717) is 0 Å². The van der Waals surface area contributed by atoms with Crippen LogP contribution in [0.25, 0.3) is 0 Å². The Hall–Kier alpha value is -1.05. The third-order valence-electron chi connectivity index (χ3n) is 0.924. The zero-order valence-corrected chi connectivity index (χ0v) is 5.67. The van der Waals surface area contributed by atoms with Gasteiger partial charge in [0.1, 0.15) is 0 Å². The first kappa shape index (κ1) is 7.95. The van der Waals surface area contributed by atoms with Crippen LogP contribution in [0.3, 0.4) is 0 Å². The van der Waals surface area contributed by atoms with Gasteiger partial charge in [-0.3, -0.25) is 4.99 Å². The van der Waals surface area contributed by atoms with Crippen molar-refractivity contribution in [2.24, 2.45) is 10.7 Å². The second kappa shape index (κ2) is 5.09. The van der Waals surface area contributed by atoms with Crippen molar-refractivity contribution in [3.63, 3.8) is 0 Å². The molecule has 50 valence electrons. The molecule has 2 nitrogen and oxygen atoms in total. The van der Waals surface area contributed by atoms with Crippen molar-refractivity contribution in [2.75, 3.05) is 0 Å². The average Bonchev–Trinajstić information content (AvgIpc) is 1.91. The molecule has 0 spiro atoms. The van der Waals surface area contributed by atoms with E-state index < -0.39 is 0 Å². The molecule has 0 aliphatic heterocycles. The van der Waals surface area contributed by atoms with Crippen LogP contribution < -0.4 is 5.73 Å². The van der Waals surface area contributed by atoms with E-state index in [2.05, 4.69) is 11.6 Å². The van der Waals surface area contributed by atoms with Crippen molar-refractivity contribution in [1.82, 2.24) is 0 Å². The molecule has 0 aliphatic rings. The van der Waals surface area contributed by atoms with E-state index in [1.54, 1.807) is 12.3 Å². The Labute approximate surface area is 55.8 Å². The summed E-state index contributed by atoms with van der Waals surface area (Å²) >= 11 is 0. The SMILES string of the molecule is C=CC(CC)=N/C=C\N. The molecule has 0 fully saturated rings. The average molecular weight is 124 g/mol. The number of nitrogens with two attached hydrogens (primary N) is 1. The van der Waals surface area contributed by atoms with Gasteiger partial charge in [0.05, 0.1) is 0 Å². The van der Waals surface area contributed by atoms with Gasteiger partial charge in [0.25, 0.3) is 0 Å². The van der Waals surface area contributed by atoms with E-state index in [4.69, 9.17) is 5.73 Å². The summed E-state index contributed by atoms with van der Waals surface area (Å²) < 4.78 is 0. The van der Waals surface area contributed by atoms with Gasteiger partial charge in [0.15, 0.2) is 0 Å². The lowest BCUT2D eigenvalue weighted by Crippen LogP contribution is -1.87. The van der Waals surface area contributed by atoms with E-state index in [9.17, 15) is 0 Å². The molecule has 0 unspecified atom stereocenters. The van der Waals surface area contributed by atoms with Crippen LogP contribution in [0, 0.1) is 0 Å². The molecule has 0 heterocycles. The van der Waals surface area contributed by atoms with Crippen LogP contribution >= 0.6 is 0 Å². The molecule has 0 amide bonds. The molecule has 0 atom stereocenters. The van der Waals surface area contributed by atoms with Crippen molar-refractivity contribution in [2.45, 2.75) is 13.3 Å². The number of rotatable bonds is 3. The van der Waals surface area contributed by atoms with Gasteiger partial charge in [0.2, 0.25) is 0 Å². The number of allylic oxidation sites excluding steroid dienone is 1. The van der Waals surface area contributed by atoms with E-state index >= 15 is 0 Å². The maximum atomic E-state index is 5.06. The molecular formula is C7H12N2. The number of hydrogen-bond donors (Lipinski definition) is 1. The Morgan fingerprint density at radius 3 is 2.78 bits per heavy atom. The molecule has 2 N–H and O–H groups in total. The predicted molar refractivity (Wildman–Crippen MR) is 41.3 cm³/mol. The Morgan fingerprint density at radius 2 is 2.44 bits per heavy atom.